The second-order valence-electron chi connectivity index (χ2n) is 29.6. The average Bonchev–Trinajstić information content (AvgIpc) is 3.26. The molecule has 4 aromatic carbocycles. The minimum atomic E-state index is -1.96. The summed E-state index contributed by atoms with van der Waals surface area (Å²) in [7, 11) is 0. The van der Waals surface area contributed by atoms with Crippen molar-refractivity contribution in [1.29, 1.82) is 21.0 Å². The zero-order chi connectivity index (χ0) is 57.2. The first-order valence-electron chi connectivity index (χ1n) is 27.1. The van der Waals surface area contributed by atoms with E-state index in [1.165, 1.54) is 0 Å². The number of nitriles is 4. The molecule has 0 spiro atoms. The number of rotatable bonds is 7. The summed E-state index contributed by atoms with van der Waals surface area (Å²) in [5.74, 6) is -0.772. The molecule has 5 rings (SSSR count). The topological polar surface area (TPSA) is 104 Å². The Bertz CT molecular complexity index is 2840. The predicted octanol–water partition coefficient (Wildman–Crippen LogP) is 18.4. The van der Waals surface area contributed by atoms with Crippen LogP contribution in [0.2, 0.25) is 0 Å². The van der Waals surface area contributed by atoms with Gasteiger partial charge in [0, 0.05) is 16.7 Å². The van der Waals surface area contributed by atoms with Gasteiger partial charge in [-0.15, -0.1) is 0 Å². The van der Waals surface area contributed by atoms with Crippen molar-refractivity contribution < 1.29 is 4.74 Å². The third kappa shape index (κ3) is 12.3. The van der Waals surface area contributed by atoms with Crippen LogP contribution in [0.25, 0.3) is 11.1 Å². The third-order valence-corrected chi connectivity index (χ3v) is 15.1. The van der Waals surface area contributed by atoms with Crippen LogP contribution >= 0.6 is 0 Å². The molecule has 1 fully saturated rings. The Morgan fingerprint density at radius 1 is 0.400 bits per heavy atom. The van der Waals surface area contributed by atoms with E-state index in [0.717, 1.165) is 72.3 Å². The number of nitrogens with zero attached hydrogens (tertiary/aromatic N) is 4. The Morgan fingerprint density at radius 3 is 0.840 bits per heavy atom. The molecule has 4 aromatic rings. The fourth-order valence-corrected chi connectivity index (χ4v) is 9.89. The van der Waals surface area contributed by atoms with Gasteiger partial charge in [-0.2, -0.15) is 21.0 Å². The Balaban J connectivity index is 2.27. The molecule has 0 aromatic heterocycles. The van der Waals surface area contributed by atoms with E-state index in [-0.39, 0.29) is 55.5 Å². The number of allylic oxidation sites excluding steroid dienone is 3. The van der Waals surface area contributed by atoms with Gasteiger partial charge in [0.05, 0.1) is 24.7 Å². The molecule has 5 heteroatoms. The van der Waals surface area contributed by atoms with Crippen LogP contribution < -0.4 is 0 Å². The SMILES string of the molecule is CCOC(=C(c1cc(C(C)(C)C)cc(C(C)(C)C)c1)c1cc(C(C)(C)C)cc(C(C)(C)C)c1)C1C(=C(C#N)C#N)C(=C(c2cc(C(C)(C)C)cc(C(C)(C)C)c2)c2cc(C(C)(C)C)cc(C(C)(C)C)c2)C1(C#N)C#N. The fraction of sp³-hybridized carbons (Fsp3) is 0.514. The molecule has 0 amide bonds. The number of benzene rings is 4. The molecule has 1 aliphatic carbocycles. The Morgan fingerprint density at radius 2 is 0.640 bits per heavy atom. The van der Waals surface area contributed by atoms with Gasteiger partial charge < -0.3 is 4.74 Å². The molecular weight excluding hydrogens is 913 g/mol. The zero-order valence-corrected chi connectivity index (χ0v) is 50.9. The Labute approximate surface area is 455 Å². The van der Waals surface area contributed by atoms with Crippen molar-refractivity contribution in [3.8, 4) is 24.3 Å². The highest BCUT2D eigenvalue weighted by Gasteiger charge is 2.62. The summed E-state index contributed by atoms with van der Waals surface area (Å²) in [6.07, 6.45) is 0. The average molecular weight is 1000 g/mol. The van der Waals surface area contributed by atoms with Crippen LogP contribution in [0.4, 0.5) is 0 Å². The molecule has 1 saturated carbocycles. The maximum absolute atomic E-state index is 12.3. The van der Waals surface area contributed by atoms with Crippen molar-refractivity contribution in [2.24, 2.45) is 11.3 Å². The molecule has 0 N–H and O–H groups in total. The van der Waals surface area contributed by atoms with E-state index in [1.807, 2.05) is 6.92 Å². The van der Waals surface area contributed by atoms with E-state index in [4.69, 9.17) is 4.74 Å². The minimum Gasteiger partial charge on any atom is -0.497 e. The maximum atomic E-state index is 12.3. The van der Waals surface area contributed by atoms with Crippen molar-refractivity contribution in [2.75, 3.05) is 6.61 Å². The van der Waals surface area contributed by atoms with Crippen molar-refractivity contribution in [3.63, 3.8) is 0 Å². The lowest BCUT2D eigenvalue weighted by molar-refractivity contribution is 0.168. The van der Waals surface area contributed by atoms with Gasteiger partial charge in [-0.3, -0.25) is 0 Å². The van der Waals surface area contributed by atoms with Crippen LogP contribution in [0.1, 0.15) is 240 Å². The van der Waals surface area contributed by atoms with E-state index < -0.39 is 11.3 Å². The van der Waals surface area contributed by atoms with Gasteiger partial charge in [0.2, 0.25) is 0 Å². The highest BCUT2D eigenvalue weighted by Crippen LogP contribution is 2.64. The summed E-state index contributed by atoms with van der Waals surface area (Å²) in [5, 5.41) is 47.2. The number of hydrogen-bond acceptors (Lipinski definition) is 5. The van der Waals surface area contributed by atoms with Crippen molar-refractivity contribution in [1.82, 2.24) is 0 Å². The Kier molecular flexibility index (Phi) is 16.0. The first kappa shape index (κ1) is 59.7. The molecule has 0 saturated heterocycles. The first-order valence-corrected chi connectivity index (χ1v) is 27.1. The molecule has 1 aliphatic rings. The predicted molar refractivity (Wildman–Crippen MR) is 314 cm³/mol. The van der Waals surface area contributed by atoms with E-state index in [9.17, 15) is 21.0 Å². The van der Waals surface area contributed by atoms with Gasteiger partial charge in [-0.05, 0) is 123 Å². The highest BCUT2D eigenvalue weighted by molar-refractivity contribution is 5.94. The summed E-state index contributed by atoms with van der Waals surface area (Å²) in [5.41, 5.74) is 10.00. The van der Waals surface area contributed by atoms with Gasteiger partial charge >= 0.3 is 0 Å². The van der Waals surface area contributed by atoms with E-state index in [1.54, 1.807) is 0 Å². The second kappa shape index (κ2) is 20.1. The first-order chi connectivity index (χ1) is 34.0. The Hall–Kier alpha value is -6.14. The van der Waals surface area contributed by atoms with Gasteiger partial charge in [-0.1, -0.05) is 239 Å². The molecule has 396 valence electrons. The molecule has 0 radical (unpaired) electrons. The maximum Gasteiger partial charge on any atom is 0.183 e. The molecule has 75 heavy (non-hydrogen) atoms. The largest absolute Gasteiger partial charge is 0.497 e. The van der Waals surface area contributed by atoms with Gasteiger partial charge in [0.1, 0.15) is 23.5 Å². The van der Waals surface area contributed by atoms with Crippen molar-refractivity contribution in [3.05, 3.63) is 162 Å². The summed E-state index contributed by atoms with van der Waals surface area (Å²) in [6, 6.07) is 36.8. The number of ether oxygens (including phenoxy) is 1. The van der Waals surface area contributed by atoms with Crippen LogP contribution in [0.3, 0.4) is 0 Å². The second-order valence-corrected chi connectivity index (χ2v) is 29.6. The minimum absolute atomic E-state index is 0.158. The molecule has 1 unspecified atom stereocenters. The summed E-state index contributed by atoms with van der Waals surface area (Å²) < 4.78 is 7.14. The van der Waals surface area contributed by atoms with E-state index in [0.29, 0.717) is 22.5 Å². The third-order valence-electron chi connectivity index (χ3n) is 15.1. The highest BCUT2D eigenvalue weighted by atomic mass is 16.5. The molecule has 0 aliphatic heterocycles. The quantitative estimate of drug-likeness (QED) is 0.135. The van der Waals surface area contributed by atoms with Gasteiger partial charge in [0.25, 0.3) is 0 Å². The van der Waals surface area contributed by atoms with E-state index in [2.05, 4.69) is 263 Å². The normalized spacial score (nSPS) is 15.5. The van der Waals surface area contributed by atoms with Crippen LogP contribution in [-0.2, 0) is 48.1 Å². The molecule has 0 heterocycles. The summed E-state index contributed by atoms with van der Waals surface area (Å²) >= 11 is 0. The monoisotopic (exact) mass is 1000 g/mol. The lowest BCUT2D eigenvalue weighted by Crippen LogP contribution is -2.46. The summed E-state index contributed by atoms with van der Waals surface area (Å²) in [4.78, 5) is 0. The standard InChI is InChI=1S/C70H90N4O/c1-26-75-61(57(45-31-52(66(14,15)16)37-53(32-45)67(17,18)19)46-33-54(68(20,21)22)38-55(34-46)69(23,24)25)60-58(47(39-71)40-72)59(70(60,41-73)42-74)56(43-27-48(62(2,3)4)35-49(28-43)63(5,6)7)44-29-50(64(8,9)10)36-51(30-44)65(11,12)13/h27-38,60H,26H2,1-25H3. The van der Waals surface area contributed by atoms with Crippen LogP contribution in [0.15, 0.2) is 95.3 Å². The smallest absolute Gasteiger partial charge is 0.183 e. The van der Waals surface area contributed by atoms with Crippen molar-refractivity contribution in [2.45, 2.75) is 216 Å². The molecular formula is C70H90N4O. The summed E-state index contributed by atoms with van der Waals surface area (Å²) in [6.45, 7) is 55.2. The zero-order valence-electron chi connectivity index (χ0n) is 50.9. The van der Waals surface area contributed by atoms with Crippen LogP contribution in [0.5, 0.6) is 0 Å². The van der Waals surface area contributed by atoms with Gasteiger partial charge in [-0.25, -0.2) is 0 Å². The van der Waals surface area contributed by atoms with Crippen molar-refractivity contribution >= 4 is 11.1 Å². The molecule has 0 bridgehead atoms. The molecule has 5 nitrogen and oxygen atoms in total. The van der Waals surface area contributed by atoms with E-state index >= 15 is 0 Å². The number of hydrogen-bond donors (Lipinski definition) is 0. The molecule has 1 atom stereocenters. The van der Waals surface area contributed by atoms with Crippen LogP contribution in [-0.4, -0.2) is 6.61 Å². The van der Waals surface area contributed by atoms with Crippen LogP contribution in [0, 0.1) is 56.7 Å². The lowest BCUT2D eigenvalue weighted by Gasteiger charge is -2.47. The lowest BCUT2D eigenvalue weighted by atomic mass is 9.50. The van der Waals surface area contributed by atoms with Gasteiger partial charge in [0.15, 0.2) is 5.41 Å². The fourth-order valence-electron chi connectivity index (χ4n) is 9.89.